The van der Waals surface area contributed by atoms with Crippen molar-refractivity contribution in [2.75, 3.05) is 19.7 Å². The molecule has 0 unspecified atom stereocenters. The average molecular weight is 350 g/mol. The summed E-state index contributed by atoms with van der Waals surface area (Å²) in [5.74, 6) is 0.00646. The number of aromatic nitrogens is 2. The monoisotopic (exact) mass is 350 g/mol. The van der Waals surface area contributed by atoms with E-state index in [0.29, 0.717) is 25.3 Å². The van der Waals surface area contributed by atoms with Crippen molar-refractivity contribution in [3.63, 3.8) is 0 Å². The Kier molecular flexibility index (Phi) is 5.62. The Labute approximate surface area is 144 Å². The van der Waals surface area contributed by atoms with Gasteiger partial charge in [-0.3, -0.25) is 14.4 Å². The summed E-state index contributed by atoms with van der Waals surface area (Å²) in [5, 5.41) is 28.1. The first kappa shape index (κ1) is 17.1. The highest BCUT2D eigenvalue weighted by Gasteiger charge is 2.20. The van der Waals surface area contributed by atoms with Crippen LogP contribution in [0.25, 0.3) is 0 Å². The number of hydrogen-bond donors (Lipinski definition) is 3. The summed E-state index contributed by atoms with van der Waals surface area (Å²) >= 11 is 1.63. The molecule has 7 nitrogen and oxygen atoms in total. The maximum atomic E-state index is 12.1. The molecule has 0 saturated carbocycles. The number of fused-ring (bicyclic) bond motifs is 1. The van der Waals surface area contributed by atoms with Gasteiger partial charge < -0.3 is 15.5 Å². The zero-order valence-electron chi connectivity index (χ0n) is 13.4. The first-order valence-electron chi connectivity index (χ1n) is 8.02. The number of rotatable bonds is 6. The Bertz CT molecular complexity index is 671. The Morgan fingerprint density at radius 3 is 3.08 bits per heavy atom. The highest BCUT2D eigenvalue weighted by molar-refractivity contribution is 7.09. The Morgan fingerprint density at radius 2 is 2.33 bits per heavy atom. The number of aliphatic hydroxyl groups excluding tert-OH is 2. The summed E-state index contributed by atoms with van der Waals surface area (Å²) in [6.45, 7) is 2.75. The van der Waals surface area contributed by atoms with Gasteiger partial charge in [0.05, 0.1) is 31.1 Å². The highest BCUT2D eigenvalue weighted by Crippen LogP contribution is 2.17. The second-order valence-corrected chi connectivity index (χ2v) is 6.93. The van der Waals surface area contributed by atoms with E-state index in [4.69, 9.17) is 5.11 Å². The number of carbonyl (C=O) groups is 1. The van der Waals surface area contributed by atoms with Crippen molar-refractivity contribution in [2.24, 2.45) is 0 Å². The molecule has 1 atom stereocenters. The number of aliphatic hydroxyl groups is 2. The van der Waals surface area contributed by atoms with Crippen molar-refractivity contribution < 1.29 is 15.0 Å². The minimum atomic E-state index is -0.952. The Balaban J connectivity index is 1.56. The van der Waals surface area contributed by atoms with Gasteiger partial charge >= 0.3 is 0 Å². The highest BCUT2D eigenvalue weighted by atomic mass is 32.1. The minimum absolute atomic E-state index is 0.00646. The quantitative estimate of drug-likeness (QED) is 0.705. The summed E-state index contributed by atoms with van der Waals surface area (Å²) < 4.78 is 1.86. The van der Waals surface area contributed by atoms with E-state index in [2.05, 4.69) is 15.3 Å². The van der Waals surface area contributed by atoms with E-state index < -0.39 is 6.10 Å². The summed E-state index contributed by atoms with van der Waals surface area (Å²) in [4.78, 5) is 15.4. The van der Waals surface area contributed by atoms with Crippen LogP contribution in [0, 0.1) is 0 Å². The number of aryl methyl sites for hydroxylation is 1. The fraction of sp³-hybridized carbons (Fsp3) is 0.500. The van der Waals surface area contributed by atoms with E-state index in [1.807, 2.05) is 28.3 Å². The summed E-state index contributed by atoms with van der Waals surface area (Å²) in [5.41, 5.74) is 1.44. The smallest absolute Gasteiger partial charge is 0.234 e. The van der Waals surface area contributed by atoms with Gasteiger partial charge in [-0.2, -0.15) is 5.10 Å². The van der Waals surface area contributed by atoms with Gasteiger partial charge in [0, 0.05) is 24.5 Å². The van der Waals surface area contributed by atoms with Crippen LogP contribution >= 0.6 is 11.3 Å². The molecule has 3 N–H and O–H groups in total. The van der Waals surface area contributed by atoms with Gasteiger partial charge in [0.2, 0.25) is 5.91 Å². The lowest BCUT2D eigenvalue weighted by atomic mass is 10.2. The number of nitrogens with zero attached hydrogens (tertiary/aromatic N) is 3. The van der Waals surface area contributed by atoms with Crippen molar-refractivity contribution in [3.05, 3.63) is 39.8 Å². The molecular weight excluding hydrogens is 328 g/mol. The zero-order valence-corrected chi connectivity index (χ0v) is 14.2. The molecule has 2 aromatic heterocycles. The third kappa shape index (κ3) is 4.21. The van der Waals surface area contributed by atoms with Crippen LogP contribution in [0.5, 0.6) is 0 Å². The molecule has 130 valence electrons. The first-order valence-corrected chi connectivity index (χ1v) is 8.90. The molecule has 0 aromatic carbocycles. The van der Waals surface area contributed by atoms with Gasteiger partial charge in [0.1, 0.15) is 6.10 Å². The fourth-order valence-electron chi connectivity index (χ4n) is 2.80. The number of hydrogen-bond acceptors (Lipinski definition) is 6. The standard InChI is InChI=1S/C16H22N4O3S/c21-11-15(22)14-7-12-9-19(4-2-5-20(12)18-14)10-16(23)17-8-13-3-1-6-24-13/h1,3,6-7,15,21-22H,2,4-5,8-11H2,(H,17,23)/t15-/m0/s1. The number of amides is 1. The molecule has 1 aliphatic rings. The SMILES string of the molecule is O=C(CN1CCCn2nc([C@@H](O)CO)cc2C1)NCc1cccs1. The third-order valence-corrected chi connectivity index (χ3v) is 4.91. The predicted molar refractivity (Wildman–Crippen MR) is 90.3 cm³/mol. The van der Waals surface area contributed by atoms with Gasteiger partial charge in [-0.25, -0.2) is 0 Å². The van der Waals surface area contributed by atoms with Crippen LogP contribution in [0.3, 0.4) is 0 Å². The lowest BCUT2D eigenvalue weighted by molar-refractivity contribution is -0.122. The van der Waals surface area contributed by atoms with E-state index in [0.717, 1.165) is 30.1 Å². The van der Waals surface area contributed by atoms with E-state index in [9.17, 15) is 9.90 Å². The Morgan fingerprint density at radius 1 is 1.46 bits per heavy atom. The average Bonchev–Trinajstić information content (AvgIpc) is 3.19. The van der Waals surface area contributed by atoms with Crippen LogP contribution < -0.4 is 5.32 Å². The van der Waals surface area contributed by atoms with Gasteiger partial charge in [-0.15, -0.1) is 11.3 Å². The van der Waals surface area contributed by atoms with Crippen molar-refractivity contribution in [1.29, 1.82) is 0 Å². The van der Waals surface area contributed by atoms with Crippen LogP contribution in [0.1, 0.15) is 28.8 Å². The predicted octanol–water partition coefficient (Wildman–Crippen LogP) is 0.492. The molecule has 3 rings (SSSR count). The van der Waals surface area contributed by atoms with E-state index >= 15 is 0 Å². The van der Waals surface area contributed by atoms with Crippen molar-refractivity contribution >= 4 is 17.2 Å². The first-order chi connectivity index (χ1) is 11.7. The lowest BCUT2D eigenvalue weighted by Crippen LogP contribution is -2.36. The number of carbonyl (C=O) groups excluding carboxylic acids is 1. The molecule has 0 saturated heterocycles. The van der Waals surface area contributed by atoms with Gasteiger partial charge in [0.25, 0.3) is 0 Å². The van der Waals surface area contributed by atoms with Crippen LogP contribution in [0.15, 0.2) is 23.6 Å². The summed E-state index contributed by atoms with van der Waals surface area (Å²) in [6.07, 6.45) is -0.0615. The summed E-state index contributed by atoms with van der Waals surface area (Å²) in [6, 6.07) is 5.78. The van der Waals surface area contributed by atoms with Crippen molar-refractivity contribution in [1.82, 2.24) is 20.0 Å². The van der Waals surface area contributed by atoms with Crippen molar-refractivity contribution in [2.45, 2.75) is 32.2 Å². The molecule has 24 heavy (non-hydrogen) atoms. The normalized spacial score (nSPS) is 16.4. The van der Waals surface area contributed by atoms with E-state index in [1.54, 1.807) is 11.3 Å². The molecular formula is C16H22N4O3S. The second-order valence-electron chi connectivity index (χ2n) is 5.90. The van der Waals surface area contributed by atoms with E-state index in [1.165, 1.54) is 0 Å². The molecule has 8 heteroatoms. The fourth-order valence-corrected chi connectivity index (χ4v) is 3.44. The van der Waals surface area contributed by atoms with Crippen molar-refractivity contribution in [3.8, 4) is 0 Å². The van der Waals surface area contributed by atoms with Crippen LogP contribution in [-0.4, -0.2) is 50.5 Å². The van der Waals surface area contributed by atoms with Gasteiger partial charge in [-0.05, 0) is 23.9 Å². The Hall–Kier alpha value is -1.74. The number of nitrogens with one attached hydrogen (secondary N) is 1. The minimum Gasteiger partial charge on any atom is -0.393 e. The molecule has 0 fully saturated rings. The molecule has 0 bridgehead atoms. The summed E-state index contributed by atoms with van der Waals surface area (Å²) in [7, 11) is 0. The lowest BCUT2D eigenvalue weighted by Gasteiger charge is -2.18. The second kappa shape index (κ2) is 7.89. The van der Waals surface area contributed by atoms with Gasteiger partial charge in [0.15, 0.2) is 0 Å². The molecule has 0 aliphatic carbocycles. The van der Waals surface area contributed by atoms with Crippen LogP contribution in [0.4, 0.5) is 0 Å². The largest absolute Gasteiger partial charge is 0.393 e. The zero-order chi connectivity index (χ0) is 16.9. The molecule has 0 spiro atoms. The number of thiophene rings is 1. The third-order valence-electron chi connectivity index (χ3n) is 4.03. The molecule has 1 amide bonds. The maximum Gasteiger partial charge on any atom is 0.234 e. The topological polar surface area (TPSA) is 90.6 Å². The van der Waals surface area contributed by atoms with Crippen LogP contribution in [-0.2, 0) is 24.4 Å². The molecule has 2 aromatic rings. The molecule has 1 aliphatic heterocycles. The van der Waals surface area contributed by atoms with E-state index in [-0.39, 0.29) is 12.5 Å². The van der Waals surface area contributed by atoms with Gasteiger partial charge in [-0.1, -0.05) is 6.07 Å². The maximum absolute atomic E-state index is 12.1. The molecule has 3 heterocycles. The van der Waals surface area contributed by atoms with Crippen LogP contribution in [0.2, 0.25) is 0 Å². The molecule has 0 radical (unpaired) electrons.